The van der Waals surface area contributed by atoms with Gasteiger partial charge in [-0.05, 0) is 23.8 Å². The van der Waals surface area contributed by atoms with E-state index < -0.39 is 18.8 Å². The number of rotatable bonds is 6. The van der Waals surface area contributed by atoms with Crippen molar-refractivity contribution < 1.29 is 13.2 Å². The van der Waals surface area contributed by atoms with E-state index in [1.807, 2.05) is 0 Å². The van der Waals surface area contributed by atoms with Gasteiger partial charge in [-0.1, -0.05) is 11.6 Å². The van der Waals surface area contributed by atoms with E-state index in [1.54, 1.807) is 0 Å². The fourth-order valence-electron chi connectivity index (χ4n) is 1.45. The maximum atomic E-state index is 13.0. The summed E-state index contributed by atoms with van der Waals surface area (Å²) in [5, 5.41) is 0.361. The second kappa shape index (κ2) is 7.09. The lowest BCUT2D eigenvalue weighted by molar-refractivity contribution is 0.0878. The molecule has 0 aliphatic rings. The van der Waals surface area contributed by atoms with Gasteiger partial charge < -0.3 is 0 Å². The Balaban J connectivity index is 2.74. The van der Waals surface area contributed by atoms with E-state index in [0.717, 1.165) is 0 Å². The molecule has 0 unspecified atom stereocenters. The van der Waals surface area contributed by atoms with Gasteiger partial charge in [0.2, 0.25) is 0 Å². The minimum atomic E-state index is -2.45. The summed E-state index contributed by atoms with van der Waals surface area (Å²) < 4.78 is 37.6. The van der Waals surface area contributed by atoms with Crippen LogP contribution in [-0.4, -0.2) is 30.3 Å². The van der Waals surface area contributed by atoms with Crippen LogP contribution in [0.3, 0.4) is 0 Å². The zero-order valence-corrected chi connectivity index (χ0v) is 10.5. The first-order valence-corrected chi connectivity index (χ1v) is 5.94. The van der Waals surface area contributed by atoms with E-state index in [0.29, 0.717) is 17.1 Å². The fourth-order valence-corrected chi connectivity index (χ4v) is 1.87. The van der Waals surface area contributed by atoms with Crippen LogP contribution in [0.1, 0.15) is 5.56 Å². The highest BCUT2D eigenvalue weighted by Crippen LogP contribution is 2.19. The molecule has 0 N–H and O–H groups in total. The monoisotopic (exact) mass is 285 g/mol. The molecule has 1 aromatic rings. The van der Waals surface area contributed by atoms with Crippen LogP contribution in [0.25, 0.3) is 0 Å². The summed E-state index contributed by atoms with van der Waals surface area (Å²) in [7, 11) is 0. The molecule has 0 amide bonds. The summed E-state index contributed by atoms with van der Waals surface area (Å²) >= 11 is 11.4. The Hall–Kier alpha value is -0.450. The van der Waals surface area contributed by atoms with Crippen LogP contribution in [0.15, 0.2) is 18.2 Å². The van der Waals surface area contributed by atoms with Crippen LogP contribution >= 0.6 is 23.2 Å². The van der Waals surface area contributed by atoms with Crippen molar-refractivity contribution >= 4 is 23.2 Å². The minimum Gasteiger partial charge on any atom is -0.292 e. The zero-order valence-electron chi connectivity index (χ0n) is 8.97. The van der Waals surface area contributed by atoms with Crippen molar-refractivity contribution in [3.05, 3.63) is 34.6 Å². The summed E-state index contributed by atoms with van der Waals surface area (Å²) in [4.78, 5) is 1.44. The number of hydrogen-bond acceptors (Lipinski definition) is 1. The van der Waals surface area contributed by atoms with Crippen molar-refractivity contribution in [2.45, 2.75) is 13.0 Å². The van der Waals surface area contributed by atoms with E-state index in [4.69, 9.17) is 23.2 Å². The summed E-state index contributed by atoms with van der Waals surface area (Å²) in [6, 6.07) is 3.88. The molecular formula is C11H12Cl2F3N. The first-order chi connectivity index (χ1) is 8.02. The quantitative estimate of drug-likeness (QED) is 0.719. The Bertz CT molecular complexity index is 361. The second-order valence-corrected chi connectivity index (χ2v) is 4.34. The van der Waals surface area contributed by atoms with Gasteiger partial charge in [-0.25, -0.2) is 13.2 Å². The van der Waals surface area contributed by atoms with E-state index >= 15 is 0 Å². The van der Waals surface area contributed by atoms with Crippen molar-refractivity contribution in [2.75, 3.05) is 19.0 Å². The molecule has 0 aliphatic heterocycles. The maximum absolute atomic E-state index is 13.0. The minimum absolute atomic E-state index is 0.160. The molecule has 0 saturated heterocycles. The third kappa shape index (κ3) is 5.15. The molecule has 1 rings (SSSR count). The van der Waals surface area contributed by atoms with Gasteiger partial charge >= 0.3 is 0 Å². The second-order valence-electron chi connectivity index (χ2n) is 3.55. The molecular weight excluding hydrogens is 274 g/mol. The Kier molecular flexibility index (Phi) is 6.09. The summed E-state index contributed by atoms with van der Waals surface area (Å²) in [6.07, 6.45) is -2.45. The van der Waals surface area contributed by atoms with Gasteiger partial charge in [0.15, 0.2) is 0 Å². The summed E-state index contributed by atoms with van der Waals surface area (Å²) in [5.41, 5.74) is 0.484. The number of halogens is 5. The lowest BCUT2D eigenvalue weighted by Gasteiger charge is -2.21. The molecule has 17 heavy (non-hydrogen) atoms. The summed E-state index contributed by atoms with van der Waals surface area (Å²) in [5.74, 6) is -0.202. The SMILES string of the molecule is Fc1ccc(Cl)c(CN(CCCl)CC(F)F)c1. The van der Waals surface area contributed by atoms with Gasteiger partial charge in [-0.15, -0.1) is 11.6 Å². The molecule has 96 valence electrons. The molecule has 6 heteroatoms. The molecule has 0 bridgehead atoms. The highest BCUT2D eigenvalue weighted by atomic mass is 35.5. The van der Waals surface area contributed by atoms with Crippen molar-refractivity contribution in [2.24, 2.45) is 0 Å². The van der Waals surface area contributed by atoms with Crippen molar-refractivity contribution in [3.8, 4) is 0 Å². The average molecular weight is 286 g/mol. The lowest BCUT2D eigenvalue weighted by atomic mass is 10.2. The van der Waals surface area contributed by atoms with Crippen LogP contribution in [0.4, 0.5) is 13.2 Å². The first-order valence-electron chi connectivity index (χ1n) is 5.03. The molecule has 0 aliphatic carbocycles. The molecule has 1 nitrogen and oxygen atoms in total. The van der Waals surface area contributed by atoms with Gasteiger partial charge in [0.1, 0.15) is 5.82 Å². The highest BCUT2D eigenvalue weighted by Gasteiger charge is 2.13. The first kappa shape index (κ1) is 14.6. The van der Waals surface area contributed by atoms with Gasteiger partial charge in [-0.3, -0.25) is 4.90 Å². The maximum Gasteiger partial charge on any atom is 0.251 e. The van der Waals surface area contributed by atoms with E-state index in [2.05, 4.69) is 0 Å². The van der Waals surface area contributed by atoms with Crippen LogP contribution in [-0.2, 0) is 6.54 Å². The zero-order chi connectivity index (χ0) is 12.8. The number of benzene rings is 1. The van der Waals surface area contributed by atoms with Crippen LogP contribution in [0, 0.1) is 5.82 Å². The van der Waals surface area contributed by atoms with Crippen LogP contribution < -0.4 is 0 Å². The molecule has 0 fully saturated rings. The smallest absolute Gasteiger partial charge is 0.251 e. The van der Waals surface area contributed by atoms with Crippen LogP contribution in [0.2, 0.25) is 5.02 Å². The van der Waals surface area contributed by atoms with Crippen molar-refractivity contribution in [3.63, 3.8) is 0 Å². The van der Waals surface area contributed by atoms with E-state index in [1.165, 1.54) is 23.1 Å². The fraction of sp³-hybridized carbons (Fsp3) is 0.455. The third-order valence-electron chi connectivity index (χ3n) is 2.20. The normalized spacial score (nSPS) is 11.5. The standard InChI is InChI=1S/C11H12Cl2F3N/c12-3-4-17(7-11(15)16)6-8-5-9(14)1-2-10(8)13/h1-2,5,11H,3-4,6-7H2. The topological polar surface area (TPSA) is 3.24 Å². The molecule has 0 saturated carbocycles. The highest BCUT2D eigenvalue weighted by molar-refractivity contribution is 6.31. The molecule has 1 aromatic carbocycles. The number of hydrogen-bond donors (Lipinski definition) is 0. The number of nitrogens with zero attached hydrogens (tertiary/aromatic N) is 1. The Morgan fingerprint density at radius 3 is 2.59 bits per heavy atom. The third-order valence-corrected chi connectivity index (χ3v) is 2.74. The Labute approximate surface area is 108 Å². The van der Waals surface area contributed by atoms with E-state index in [9.17, 15) is 13.2 Å². The lowest BCUT2D eigenvalue weighted by Crippen LogP contribution is -2.30. The largest absolute Gasteiger partial charge is 0.292 e. The molecule has 0 radical (unpaired) electrons. The van der Waals surface area contributed by atoms with Crippen molar-refractivity contribution in [1.29, 1.82) is 0 Å². The molecule has 0 heterocycles. The molecule has 0 aromatic heterocycles. The molecule has 0 atom stereocenters. The van der Waals surface area contributed by atoms with Gasteiger partial charge in [0, 0.05) is 24.0 Å². The van der Waals surface area contributed by atoms with Crippen molar-refractivity contribution in [1.82, 2.24) is 4.90 Å². The predicted octanol–water partition coefficient (Wildman–Crippen LogP) is 3.79. The van der Waals surface area contributed by atoms with Gasteiger partial charge in [-0.2, -0.15) is 0 Å². The number of alkyl halides is 3. The van der Waals surface area contributed by atoms with Crippen LogP contribution in [0.5, 0.6) is 0 Å². The van der Waals surface area contributed by atoms with Gasteiger partial charge in [0.25, 0.3) is 6.43 Å². The average Bonchev–Trinajstić information content (AvgIpc) is 2.23. The van der Waals surface area contributed by atoms with E-state index in [-0.39, 0.29) is 12.4 Å². The van der Waals surface area contributed by atoms with Gasteiger partial charge in [0.05, 0.1) is 6.54 Å². The summed E-state index contributed by atoms with van der Waals surface area (Å²) in [6.45, 7) is 0.0615. The predicted molar refractivity (Wildman–Crippen MR) is 63.4 cm³/mol. The Morgan fingerprint density at radius 1 is 1.29 bits per heavy atom. The Morgan fingerprint density at radius 2 is 2.00 bits per heavy atom. The molecule has 0 spiro atoms.